The van der Waals surface area contributed by atoms with Crippen molar-refractivity contribution in [3.8, 4) is 0 Å². The molecule has 1 aliphatic heterocycles. The highest BCUT2D eigenvalue weighted by atomic mass is 16.4. The number of imidazole rings is 1. The number of aromatic nitrogens is 2. The van der Waals surface area contributed by atoms with Gasteiger partial charge in [-0.3, -0.25) is 9.69 Å². The predicted molar refractivity (Wildman–Crippen MR) is 62.8 cm³/mol. The number of carbonyl (C=O) groups is 1. The van der Waals surface area contributed by atoms with Crippen molar-refractivity contribution in [3.63, 3.8) is 0 Å². The fourth-order valence-corrected chi connectivity index (χ4v) is 2.13. The fourth-order valence-electron chi connectivity index (χ4n) is 2.13. The van der Waals surface area contributed by atoms with E-state index < -0.39 is 12.0 Å². The molecule has 0 bridgehead atoms. The lowest BCUT2D eigenvalue weighted by atomic mass is 10.2. The van der Waals surface area contributed by atoms with Gasteiger partial charge >= 0.3 is 5.97 Å². The zero-order chi connectivity index (χ0) is 12.3. The molecule has 0 aromatic carbocycles. The second-order valence-corrected chi connectivity index (χ2v) is 4.26. The lowest BCUT2D eigenvalue weighted by molar-refractivity contribution is -0.144. The maximum absolute atomic E-state index is 11.1. The van der Waals surface area contributed by atoms with Gasteiger partial charge in [0, 0.05) is 45.1 Å². The molecule has 94 valence electrons. The second-order valence-electron chi connectivity index (χ2n) is 4.26. The molecule has 2 heterocycles. The molecule has 0 amide bonds. The molecule has 1 saturated heterocycles. The van der Waals surface area contributed by atoms with Crippen LogP contribution in [0.1, 0.15) is 5.82 Å². The Morgan fingerprint density at radius 2 is 2.47 bits per heavy atom. The maximum Gasteiger partial charge on any atom is 0.322 e. The van der Waals surface area contributed by atoms with Crippen molar-refractivity contribution in [1.82, 2.24) is 19.8 Å². The third-order valence-electron chi connectivity index (χ3n) is 3.19. The molecule has 6 nitrogen and oxygen atoms in total. The molecule has 2 N–H and O–H groups in total. The van der Waals surface area contributed by atoms with Crippen molar-refractivity contribution in [2.24, 2.45) is 0 Å². The summed E-state index contributed by atoms with van der Waals surface area (Å²) in [5, 5.41) is 12.2. The molecule has 1 atom stereocenters. The summed E-state index contributed by atoms with van der Waals surface area (Å²) >= 11 is 0. The summed E-state index contributed by atoms with van der Waals surface area (Å²) in [6.07, 6.45) is 3.69. The van der Waals surface area contributed by atoms with Crippen LogP contribution in [0.4, 0.5) is 0 Å². The van der Waals surface area contributed by atoms with Gasteiger partial charge in [-0.05, 0) is 6.92 Å². The molecule has 1 aliphatic rings. The minimum Gasteiger partial charge on any atom is -0.480 e. The van der Waals surface area contributed by atoms with E-state index >= 15 is 0 Å². The first-order chi connectivity index (χ1) is 8.18. The van der Waals surface area contributed by atoms with Gasteiger partial charge in [0.15, 0.2) is 0 Å². The van der Waals surface area contributed by atoms with Crippen LogP contribution in [-0.4, -0.2) is 57.7 Å². The number of hydrogen-bond acceptors (Lipinski definition) is 4. The first-order valence-corrected chi connectivity index (χ1v) is 5.84. The highest BCUT2D eigenvalue weighted by Gasteiger charge is 2.27. The van der Waals surface area contributed by atoms with Crippen molar-refractivity contribution >= 4 is 5.97 Å². The van der Waals surface area contributed by atoms with Crippen LogP contribution in [0, 0.1) is 6.92 Å². The van der Waals surface area contributed by atoms with E-state index in [0.717, 1.165) is 32.0 Å². The number of carboxylic acid groups (broad SMARTS) is 1. The number of nitrogens with one attached hydrogen (secondary N) is 1. The van der Waals surface area contributed by atoms with Gasteiger partial charge in [-0.1, -0.05) is 0 Å². The largest absolute Gasteiger partial charge is 0.480 e. The lowest BCUT2D eigenvalue weighted by Crippen LogP contribution is -2.55. The topological polar surface area (TPSA) is 70.4 Å². The number of aryl methyl sites for hydroxylation is 1. The standard InChI is InChI=1S/C11H18N4O2/c1-9-13-3-5-14(9)6-7-15-4-2-12-8-10(15)11(16)17/h3,5,10,12H,2,4,6-8H2,1H3,(H,16,17). The molecule has 17 heavy (non-hydrogen) atoms. The number of rotatable bonds is 4. The van der Waals surface area contributed by atoms with E-state index in [0.29, 0.717) is 6.54 Å². The van der Waals surface area contributed by atoms with E-state index in [-0.39, 0.29) is 0 Å². The van der Waals surface area contributed by atoms with Crippen LogP contribution in [-0.2, 0) is 11.3 Å². The summed E-state index contributed by atoms with van der Waals surface area (Å²) in [5.74, 6) is 0.214. The Labute approximate surface area is 100 Å². The molecule has 0 spiro atoms. The van der Waals surface area contributed by atoms with Crippen molar-refractivity contribution in [2.45, 2.75) is 19.5 Å². The minimum absolute atomic E-state index is 0.410. The van der Waals surface area contributed by atoms with E-state index in [1.165, 1.54) is 0 Å². The molecule has 1 unspecified atom stereocenters. The van der Waals surface area contributed by atoms with Gasteiger partial charge in [0.05, 0.1) is 0 Å². The maximum atomic E-state index is 11.1. The van der Waals surface area contributed by atoms with Gasteiger partial charge in [-0.25, -0.2) is 4.98 Å². The highest BCUT2D eigenvalue weighted by molar-refractivity contribution is 5.73. The summed E-state index contributed by atoms with van der Waals surface area (Å²) in [6.45, 7) is 5.65. The fraction of sp³-hybridized carbons (Fsp3) is 0.636. The average Bonchev–Trinajstić information content (AvgIpc) is 2.72. The number of piperazine rings is 1. The summed E-state index contributed by atoms with van der Waals surface area (Å²) < 4.78 is 2.04. The van der Waals surface area contributed by atoms with Crippen LogP contribution in [0.15, 0.2) is 12.4 Å². The van der Waals surface area contributed by atoms with Gasteiger partial charge in [-0.15, -0.1) is 0 Å². The normalized spacial score (nSPS) is 21.6. The monoisotopic (exact) mass is 238 g/mol. The van der Waals surface area contributed by atoms with E-state index in [1.807, 2.05) is 22.6 Å². The van der Waals surface area contributed by atoms with Gasteiger partial charge in [-0.2, -0.15) is 0 Å². The molecule has 0 radical (unpaired) electrons. The van der Waals surface area contributed by atoms with Crippen LogP contribution in [0.25, 0.3) is 0 Å². The smallest absolute Gasteiger partial charge is 0.322 e. The molecule has 2 rings (SSSR count). The van der Waals surface area contributed by atoms with Crippen LogP contribution in [0.2, 0.25) is 0 Å². The van der Waals surface area contributed by atoms with E-state index in [9.17, 15) is 4.79 Å². The Hall–Kier alpha value is -1.40. The molecular weight excluding hydrogens is 220 g/mol. The number of aliphatic carboxylic acids is 1. The van der Waals surface area contributed by atoms with Crippen molar-refractivity contribution < 1.29 is 9.90 Å². The first kappa shape index (κ1) is 12.1. The number of carboxylic acids is 1. The van der Waals surface area contributed by atoms with Gasteiger partial charge in [0.1, 0.15) is 11.9 Å². The van der Waals surface area contributed by atoms with E-state index in [2.05, 4.69) is 10.3 Å². The molecule has 1 fully saturated rings. The molecular formula is C11H18N4O2. The third-order valence-corrected chi connectivity index (χ3v) is 3.19. The summed E-state index contributed by atoms with van der Waals surface area (Å²) in [6, 6.07) is -0.410. The van der Waals surface area contributed by atoms with Crippen LogP contribution in [0.5, 0.6) is 0 Å². The number of nitrogens with zero attached hydrogens (tertiary/aromatic N) is 3. The van der Waals surface area contributed by atoms with Crippen molar-refractivity contribution in [3.05, 3.63) is 18.2 Å². The lowest BCUT2D eigenvalue weighted by Gasteiger charge is -2.33. The summed E-state index contributed by atoms with van der Waals surface area (Å²) in [4.78, 5) is 17.3. The highest BCUT2D eigenvalue weighted by Crippen LogP contribution is 2.05. The van der Waals surface area contributed by atoms with Gasteiger partial charge in [0.25, 0.3) is 0 Å². The molecule has 1 aromatic heterocycles. The van der Waals surface area contributed by atoms with Gasteiger partial charge in [0.2, 0.25) is 0 Å². The van der Waals surface area contributed by atoms with Crippen LogP contribution < -0.4 is 5.32 Å². The molecule has 0 saturated carbocycles. The second kappa shape index (κ2) is 5.29. The van der Waals surface area contributed by atoms with E-state index in [1.54, 1.807) is 6.20 Å². The molecule has 1 aromatic rings. The Balaban J connectivity index is 1.92. The Kier molecular flexibility index (Phi) is 3.75. The Morgan fingerprint density at radius 1 is 1.65 bits per heavy atom. The van der Waals surface area contributed by atoms with Crippen LogP contribution >= 0.6 is 0 Å². The Morgan fingerprint density at radius 3 is 3.12 bits per heavy atom. The summed E-state index contributed by atoms with van der Waals surface area (Å²) in [5.41, 5.74) is 0. The zero-order valence-electron chi connectivity index (χ0n) is 9.96. The Bertz CT molecular complexity index is 391. The SMILES string of the molecule is Cc1nccn1CCN1CCNCC1C(=O)O. The minimum atomic E-state index is -0.750. The zero-order valence-corrected chi connectivity index (χ0v) is 9.96. The number of hydrogen-bond donors (Lipinski definition) is 2. The van der Waals surface area contributed by atoms with Gasteiger partial charge < -0.3 is 15.0 Å². The quantitative estimate of drug-likeness (QED) is 0.743. The summed E-state index contributed by atoms with van der Waals surface area (Å²) in [7, 11) is 0. The van der Waals surface area contributed by atoms with Crippen LogP contribution in [0.3, 0.4) is 0 Å². The molecule has 6 heteroatoms. The average molecular weight is 238 g/mol. The molecule has 0 aliphatic carbocycles. The van der Waals surface area contributed by atoms with Crippen molar-refractivity contribution in [1.29, 1.82) is 0 Å². The van der Waals surface area contributed by atoms with E-state index in [4.69, 9.17) is 5.11 Å². The predicted octanol–water partition coefficient (Wildman–Crippen LogP) is -0.450. The third kappa shape index (κ3) is 2.83. The van der Waals surface area contributed by atoms with Crippen molar-refractivity contribution in [2.75, 3.05) is 26.2 Å². The first-order valence-electron chi connectivity index (χ1n) is 5.84.